The lowest BCUT2D eigenvalue weighted by atomic mass is 10.0. The van der Waals surface area contributed by atoms with Gasteiger partial charge in [0, 0.05) is 26.4 Å². The van der Waals surface area contributed by atoms with E-state index in [0.29, 0.717) is 23.6 Å². The number of hydrogen-bond acceptors (Lipinski definition) is 3. The number of halogens is 2. The predicted molar refractivity (Wildman–Crippen MR) is 114 cm³/mol. The lowest BCUT2D eigenvalue weighted by molar-refractivity contribution is 0.0952. The van der Waals surface area contributed by atoms with Crippen molar-refractivity contribution in [3.05, 3.63) is 56.1 Å². The number of amides is 1. The Balaban J connectivity index is 2.20. The molecule has 6 heteroatoms. The molecule has 0 unspecified atom stereocenters. The fraction of sp³-hybridized carbons (Fsp3) is 0.316. The van der Waals surface area contributed by atoms with Crippen molar-refractivity contribution in [3.8, 4) is 0 Å². The van der Waals surface area contributed by atoms with E-state index in [1.807, 2.05) is 39.0 Å². The Labute approximate surface area is 167 Å². The molecule has 0 radical (unpaired) electrons. The minimum atomic E-state index is -0.318. The molecule has 4 N–H and O–H groups in total. The molecular weight excluding hydrogens is 449 g/mol. The van der Waals surface area contributed by atoms with E-state index in [0.717, 1.165) is 16.9 Å². The predicted octanol–water partition coefficient (Wildman–Crippen LogP) is 4.85. The quantitative estimate of drug-likeness (QED) is 0.527. The molecule has 2 aromatic carbocycles. The summed E-state index contributed by atoms with van der Waals surface area (Å²) in [6.07, 6.45) is 0.693. The molecule has 0 bridgehead atoms. The molecule has 2 rings (SSSR count). The molecule has 0 saturated heterocycles. The Bertz CT molecular complexity index is 772. The van der Waals surface area contributed by atoms with Gasteiger partial charge >= 0.3 is 0 Å². The SMILES string of the molecule is Cc1cc(I)ccc1Nc1ccc(Cl)cc1C(=O)NCCC(C)(C)N. The highest BCUT2D eigenvalue weighted by Gasteiger charge is 2.15. The zero-order chi connectivity index (χ0) is 18.6. The zero-order valence-corrected chi connectivity index (χ0v) is 17.5. The van der Waals surface area contributed by atoms with Gasteiger partial charge in [-0.1, -0.05) is 11.6 Å². The lowest BCUT2D eigenvalue weighted by Crippen LogP contribution is -2.37. The van der Waals surface area contributed by atoms with Crippen LogP contribution in [0.15, 0.2) is 36.4 Å². The highest BCUT2D eigenvalue weighted by Crippen LogP contribution is 2.27. The molecule has 2 aromatic rings. The van der Waals surface area contributed by atoms with E-state index in [1.165, 1.54) is 3.57 Å². The fourth-order valence-electron chi connectivity index (χ4n) is 2.32. The van der Waals surface area contributed by atoms with Crippen LogP contribution in [0.4, 0.5) is 11.4 Å². The minimum absolute atomic E-state index is 0.169. The van der Waals surface area contributed by atoms with E-state index in [4.69, 9.17) is 17.3 Å². The van der Waals surface area contributed by atoms with E-state index in [-0.39, 0.29) is 11.4 Å². The van der Waals surface area contributed by atoms with Crippen molar-refractivity contribution in [1.29, 1.82) is 0 Å². The lowest BCUT2D eigenvalue weighted by Gasteiger charge is -2.19. The average Bonchev–Trinajstić information content (AvgIpc) is 2.50. The first-order valence-corrected chi connectivity index (χ1v) is 9.51. The Morgan fingerprint density at radius 1 is 1.20 bits per heavy atom. The van der Waals surface area contributed by atoms with Gasteiger partial charge in [0.15, 0.2) is 0 Å². The van der Waals surface area contributed by atoms with Gasteiger partial charge in [-0.25, -0.2) is 0 Å². The third-order valence-corrected chi connectivity index (χ3v) is 4.65. The number of anilines is 2. The van der Waals surface area contributed by atoms with Gasteiger partial charge in [0.1, 0.15) is 0 Å². The molecule has 0 aromatic heterocycles. The van der Waals surface area contributed by atoms with E-state index >= 15 is 0 Å². The van der Waals surface area contributed by atoms with E-state index in [2.05, 4.69) is 39.3 Å². The van der Waals surface area contributed by atoms with Crippen LogP contribution in [0.2, 0.25) is 5.02 Å². The molecule has 0 spiro atoms. The third kappa shape index (κ3) is 6.17. The summed E-state index contributed by atoms with van der Waals surface area (Å²) in [5, 5.41) is 6.77. The molecule has 0 saturated carbocycles. The zero-order valence-electron chi connectivity index (χ0n) is 14.6. The molecule has 0 heterocycles. The summed E-state index contributed by atoms with van der Waals surface area (Å²) in [6.45, 7) is 6.41. The van der Waals surface area contributed by atoms with Crippen LogP contribution in [0.25, 0.3) is 0 Å². The number of carbonyl (C=O) groups excluding carboxylic acids is 1. The van der Waals surface area contributed by atoms with Crippen LogP contribution in [0.1, 0.15) is 36.2 Å². The molecule has 0 aliphatic rings. The van der Waals surface area contributed by atoms with Crippen molar-refractivity contribution in [3.63, 3.8) is 0 Å². The van der Waals surface area contributed by atoms with Crippen LogP contribution >= 0.6 is 34.2 Å². The van der Waals surface area contributed by atoms with Crippen LogP contribution in [-0.2, 0) is 0 Å². The number of carbonyl (C=O) groups is 1. The van der Waals surface area contributed by atoms with Crippen molar-refractivity contribution in [2.24, 2.45) is 5.73 Å². The Hall–Kier alpha value is -1.31. The molecule has 0 fully saturated rings. The highest BCUT2D eigenvalue weighted by atomic mass is 127. The van der Waals surface area contributed by atoms with Gasteiger partial charge in [-0.2, -0.15) is 0 Å². The summed E-state index contributed by atoms with van der Waals surface area (Å²) >= 11 is 8.37. The number of aryl methyl sites for hydroxylation is 1. The molecule has 25 heavy (non-hydrogen) atoms. The Morgan fingerprint density at radius 2 is 1.88 bits per heavy atom. The summed E-state index contributed by atoms with van der Waals surface area (Å²) in [4.78, 5) is 12.6. The van der Waals surface area contributed by atoms with Crippen molar-refractivity contribution < 1.29 is 4.79 Å². The van der Waals surface area contributed by atoms with Crippen LogP contribution in [-0.4, -0.2) is 18.0 Å². The van der Waals surface area contributed by atoms with Gasteiger partial charge in [0.2, 0.25) is 0 Å². The maximum absolute atomic E-state index is 12.6. The van der Waals surface area contributed by atoms with Crippen molar-refractivity contribution in [2.75, 3.05) is 11.9 Å². The van der Waals surface area contributed by atoms with Crippen LogP contribution in [0.3, 0.4) is 0 Å². The topological polar surface area (TPSA) is 67.2 Å². The van der Waals surface area contributed by atoms with E-state index < -0.39 is 0 Å². The summed E-state index contributed by atoms with van der Waals surface area (Å²) in [5.74, 6) is -0.169. The molecule has 0 atom stereocenters. The third-order valence-electron chi connectivity index (χ3n) is 3.74. The second-order valence-electron chi connectivity index (χ2n) is 6.77. The summed E-state index contributed by atoms with van der Waals surface area (Å²) in [5.41, 5.74) is 8.94. The van der Waals surface area contributed by atoms with Crippen LogP contribution in [0, 0.1) is 10.5 Å². The molecular formula is C19H23ClIN3O. The number of benzene rings is 2. The normalized spacial score (nSPS) is 11.3. The molecule has 0 aliphatic carbocycles. The van der Waals surface area contributed by atoms with Crippen LogP contribution in [0.5, 0.6) is 0 Å². The Kier molecular flexibility index (Phi) is 6.71. The van der Waals surface area contributed by atoms with Gasteiger partial charge in [0.05, 0.1) is 11.3 Å². The second kappa shape index (κ2) is 8.38. The van der Waals surface area contributed by atoms with Crippen molar-refractivity contribution in [1.82, 2.24) is 5.32 Å². The smallest absolute Gasteiger partial charge is 0.253 e. The first-order chi connectivity index (χ1) is 11.7. The average molecular weight is 472 g/mol. The number of hydrogen-bond donors (Lipinski definition) is 3. The summed E-state index contributed by atoms with van der Waals surface area (Å²) < 4.78 is 1.17. The van der Waals surface area contributed by atoms with Gasteiger partial charge in [0.25, 0.3) is 5.91 Å². The van der Waals surface area contributed by atoms with E-state index in [1.54, 1.807) is 12.1 Å². The van der Waals surface area contributed by atoms with Crippen molar-refractivity contribution in [2.45, 2.75) is 32.7 Å². The molecule has 0 aliphatic heterocycles. The maximum Gasteiger partial charge on any atom is 0.253 e. The van der Waals surface area contributed by atoms with Crippen molar-refractivity contribution >= 4 is 51.5 Å². The standard InChI is InChI=1S/C19H23ClIN3O/c1-12-10-14(21)5-7-16(12)24-17-6-4-13(20)11-15(17)18(25)23-9-8-19(2,3)22/h4-7,10-11,24H,8-9,22H2,1-3H3,(H,23,25). The Morgan fingerprint density at radius 3 is 2.52 bits per heavy atom. The first-order valence-electron chi connectivity index (χ1n) is 8.05. The van der Waals surface area contributed by atoms with Gasteiger partial charge in [-0.05, 0) is 91.7 Å². The van der Waals surface area contributed by atoms with Gasteiger partial charge in [-0.3, -0.25) is 4.79 Å². The number of rotatable bonds is 6. The monoisotopic (exact) mass is 471 g/mol. The maximum atomic E-state index is 12.6. The number of nitrogens with one attached hydrogen (secondary N) is 2. The highest BCUT2D eigenvalue weighted by molar-refractivity contribution is 14.1. The summed E-state index contributed by atoms with van der Waals surface area (Å²) in [6, 6.07) is 11.4. The summed E-state index contributed by atoms with van der Waals surface area (Å²) in [7, 11) is 0. The van der Waals surface area contributed by atoms with Gasteiger partial charge in [-0.15, -0.1) is 0 Å². The van der Waals surface area contributed by atoms with Gasteiger partial charge < -0.3 is 16.4 Å². The molecule has 134 valence electrons. The largest absolute Gasteiger partial charge is 0.355 e. The van der Waals surface area contributed by atoms with Crippen LogP contribution < -0.4 is 16.4 Å². The fourth-order valence-corrected chi connectivity index (χ4v) is 3.14. The second-order valence-corrected chi connectivity index (χ2v) is 8.45. The first kappa shape index (κ1) is 20.0. The minimum Gasteiger partial charge on any atom is -0.355 e. The number of nitrogens with two attached hydrogens (primary N) is 1. The molecule has 4 nitrogen and oxygen atoms in total. The molecule has 1 amide bonds. The van der Waals surface area contributed by atoms with E-state index in [9.17, 15) is 4.79 Å².